The lowest BCUT2D eigenvalue weighted by Crippen LogP contribution is -2.32. The van der Waals surface area contributed by atoms with Gasteiger partial charge in [-0.2, -0.15) is 10.2 Å². The van der Waals surface area contributed by atoms with Crippen LogP contribution in [0.25, 0.3) is 0 Å². The number of aromatic nitrogens is 4. The second-order valence-corrected chi connectivity index (χ2v) is 5.05. The predicted octanol–water partition coefficient (Wildman–Crippen LogP) is 1.69. The number of H-pyrrole nitrogens is 1. The first-order valence-electron chi connectivity index (χ1n) is 7.16. The van der Waals surface area contributed by atoms with E-state index in [4.69, 9.17) is 0 Å². The Labute approximate surface area is 136 Å². The molecule has 0 aliphatic heterocycles. The molecule has 2 N–H and O–H groups in total. The number of hydrogen-bond donors (Lipinski definition) is 2. The van der Waals surface area contributed by atoms with E-state index in [1.807, 2.05) is 30.3 Å². The van der Waals surface area contributed by atoms with Crippen LogP contribution in [0.3, 0.4) is 0 Å². The molecule has 0 saturated carbocycles. The molecule has 3 rings (SSSR count). The van der Waals surface area contributed by atoms with Crippen LogP contribution < -0.4 is 5.32 Å². The molecule has 0 fully saturated rings. The fourth-order valence-electron chi connectivity index (χ4n) is 2.33. The Kier molecular flexibility index (Phi) is 4.32. The third-order valence-electron chi connectivity index (χ3n) is 3.48. The van der Waals surface area contributed by atoms with Crippen molar-refractivity contribution in [2.45, 2.75) is 12.6 Å². The van der Waals surface area contributed by atoms with Crippen LogP contribution in [0.1, 0.15) is 22.1 Å². The van der Waals surface area contributed by atoms with Crippen LogP contribution in [0.5, 0.6) is 0 Å². The van der Waals surface area contributed by atoms with Crippen molar-refractivity contribution in [2.24, 2.45) is 0 Å². The van der Waals surface area contributed by atoms with Crippen LogP contribution in [0.2, 0.25) is 0 Å². The molecule has 2 aromatic heterocycles. The summed E-state index contributed by atoms with van der Waals surface area (Å²) in [7, 11) is 0. The number of benzene rings is 1. The van der Waals surface area contributed by atoms with Crippen molar-refractivity contribution in [3.05, 3.63) is 76.4 Å². The molecule has 24 heavy (non-hydrogen) atoms. The Morgan fingerprint density at radius 1 is 1.33 bits per heavy atom. The van der Waals surface area contributed by atoms with Crippen molar-refractivity contribution < 1.29 is 9.72 Å². The molecule has 2 heterocycles. The summed E-state index contributed by atoms with van der Waals surface area (Å²) in [5.41, 5.74) is 0.323. The maximum absolute atomic E-state index is 12.4. The quantitative estimate of drug-likeness (QED) is 0.528. The fourth-order valence-corrected chi connectivity index (χ4v) is 2.33. The molecule has 0 saturated heterocycles. The largest absolute Gasteiger partial charge is 0.342 e. The van der Waals surface area contributed by atoms with Gasteiger partial charge in [-0.25, -0.2) is 0 Å². The number of nitrogens with zero attached hydrogens (tertiary/aromatic N) is 4. The summed E-state index contributed by atoms with van der Waals surface area (Å²) in [6, 6.07) is 10.7. The highest BCUT2D eigenvalue weighted by Crippen LogP contribution is 2.18. The highest BCUT2D eigenvalue weighted by molar-refractivity contribution is 5.96. The molecule has 122 valence electrons. The second kappa shape index (κ2) is 6.73. The number of amides is 1. The number of carbonyl (C=O) groups excluding carboxylic acids is 1. The zero-order chi connectivity index (χ0) is 16.9. The van der Waals surface area contributed by atoms with E-state index in [0.717, 1.165) is 11.8 Å². The summed E-state index contributed by atoms with van der Waals surface area (Å²) in [5.74, 6) is -0.597. The van der Waals surface area contributed by atoms with Gasteiger partial charge in [-0.05, 0) is 11.6 Å². The molecule has 1 atom stereocenters. The van der Waals surface area contributed by atoms with Gasteiger partial charge in [0.25, 0.3) is 5.91 Å². The van der Waals surface area contributed by atoms with E-state index in [0.29, 0.717) is 6.54 Å². The van der Waals surface area contributed by atoms with Crippen LogP contribution in [0.4, 0.5) is 5.69 Å². The molecule has 0 aliphatic rings. The Morgan fingerprint density at radius 2 is 2.12 bits per heavy atom. The number of nitro groups is 1. The first-order chi connectivity index (χ1) is 11.6. The van der Waals surface area contributed by atoms with Gasteiger partial charge in [-0.15, -0.1) is 0 Å². The van der Waals surface area contributed by atoms with E-state index in [2.05, 4.69) is 20.6 Å². The first kappa shape index (κ1) is 15.4. The fraction of sp³-hybridized carbons (Fsp3) is 0.133. The summed E-state index contributed by atoms with van der Waals surface area (Å²) in [6.45, 7) is 0.394. The van der Waals surface area contributed by atoms with Crippen LogP contribution in [0.15, 0.2) is 55.0 Å². The van der Waals surface area contributed by atoms with E-state index in [1.165, 1.54) is 0 Å². The van der Waals surface area contributed by atoms with E-state index < -0.39 is 16.9 Å². The van der Waals surface area contributed by atoms with Crippen LogP contribution in [-0.4, -0.2) is 30.8 Å². The number of rotatable bonds is 6. The minimum atomic E-state index is -0.649. The van der Waals surface area contributed by atoms with Crippen LogP contribution in [-0.2, 0) is 6.54 Å². The second-order valence-electron chi connectivity index (χ2n) is 5.05. The van der Waals surface area contributed by atoms with Gasteiger partial charge in [0.1, 0.15) is 6.20 Å². The summed E-state index contributed by atoms with van der Waals surface area (Å²) < 4.78 is 1.68. The van der Waals surface area contributed by atoms with Gasteiger partial charge in [0.05, 0.1) is 17.5 Å². The Balaban J connectivity index is 1.84. The summed E-state index contributed by atoms with van der Waals surface area (Å²) >= 11 is 0. The zero-order valence-corrected chi connectivity index (χ0v) is 12.5. The molecule has 9 heteroatoms. The van der Waals surface area contributed by atoms with Gasteiger partial charge in [-0.3, -0.25) is 24.7 Å². The average molecular weight is 326 g/mol. The molecule has 9 nitrogen and oxygen atoms in total. The average Bonchev–Trinajstić information content (AvgIpc) is 3.26. The smallest absolute Gasteiger partial charge is 0.319 e. The van der Waals surface area contributed by atoms with Gasteiger partial charge in [0.2, 0.25) is 5.69 Å². The molecule has 1 unspecified atom stereocenters. The maximum Gasteiger partial charge on any atom is 0.319 e. The SMILES string of the molecule is O=C(NC(Cn1cccn1)c1ccccc1)c1[nH]ncc1[N+](=O)[O-]. The topological polar surface area (TPSA) is 119 Å². The molecular formula is C15H14N6O3. The maximum atomic E-state index is 12.4. The molecule has 0 bridgehead atoms. The van der Waals surface area contributed by atoms with Gasteiger partial charge in [0.15, 0.2) is 0 Å². The molecule has 3 aromatic rings. The Morgan fingerprint density at radius 3 is 2.79 bits per heavy atom. The third-order valence-corrected chi connectivity index (χ3v) is 3.48. The minimum absolute atomic E-state index is 0.179. The van der Waals surface area contributed by atoms with Crippen molar-refractivity contribution in [1.82, 2.24) is 25.3 Å². The number of aromatic amines is 1. The lowest BCUT2D eigenvalue weighted by molar-refractivity contribution is -0.385. The van der Waals surface area contributed by atoms with Crippen molar-refractivity contribution in [2.75, 3.05) is 0 Å². The van der Waals surface area contributed by atoms with E-state index in [9.17, 15) is 14.9 Å². The molecule has 1 amide bonds. The van der Waals surface area contributed by atoms with Gasteiger partial charge < -0.3 is 5.32 Å². The number of hydrogen-bond acceptors (Lipinski definition) is 5. The van der Waals surface area contributed by atoms with Crippen molar-refractivity contribution in [3.8, 4) is 0 Å². The Hall–Kier alpha value is -3.49. The standard InChI is InChI=1S/C15H14N6O3/c22-15(14-13(21(23)24)9-16-19-14)18-12(10-20-8-4-7-17-20)11-5-2-1-3-6-11/h1-9,12H,10H2,(H,16,19)(H,18,22). The minimum Gasteiger partial charge on any atom is -0.342 e. The molecule has 0 radical (unpaired) electrons. The van der Waals surface area contributed by atoms with Gasteiger partial charge in [0, 0.05) is 12.4 Å². The third kappa shape index (κ3) is 3.29. The monoisotopic (exact) mass is 326 g/mol. The molecule has 0 aliphatic carbocycles. The Bertz CT molecular complexity index is 828. The lowest BCUT2D eigenvalue weighted by atomic mass is 10.1. The number of nitrogens with one attached hydrogen (secondary N) is 2. The zero-order valence-electron chi connectivity index (χ0n) is 12.5. The first-order valence-corrected chi connectivity index (χ1v) is 7.16. The summed E-state index contributed by atoms with van der Waals surface area (Å²) in [4.78, 5) is 22.7. The molecular weight excluding hydrogens is 312 g/mol. The van der Waals surface area contributed by atoms with Crippen LogP contribution in [0, 0.1) is 10.1 Å². The van der Waals surface area contributed by atoms with Crippen molar-refractivity contribution in [3.63, 3.8) is 0 Å². The highest BCUT2D eigenvalue weighted by atomic mass is 16.6. The van der Waals surface area contributed by atoms with Crippen molar-refractivity contribution >= 4 is 11.6 Å². The molecule has 1 aromatic carbocycles. The van der Waals surface area contributed by atoms with Gasteiger partial charge in [-0.1, -0.05) is 30.3 Å². The summed E-state index contributed by atoms with van der Waals surface area (Å²) in [5, 5.41) is 23.8. The number of carbonyl (C=O) groups is 1. The summed E-state index contributed by atoms with van der Waals surface area (Å²) in [6.07, 6.45) is 4.43. The van der Waals surface area contributed by atoms with E-state index in [-0.39, 0.29) is 11.4 Å². The van der Waals surface area contributed by atoms with Crippen molar-refractivity contribution in [1.29, 1.82) is 0 Å². The predicted molar refractivity (Wildman–Crippen MR) is 84.1 cm³/mol. The lowest BCUT2D eigenvalue weighted by Gasteiger charge is -2.19. The van der Waals surface area contributed by atoms with Crippen LogP contribution >= 0.6 is 0 Å². The van der Waals surface area contributed by atoms with E-state index >= 15 is 0 Å². The molecule has 0 spiro atoms. The highest BCUT2D eigenvalue weighted by Gasteiger charge is 2.25. The van der Waals surface area contributed by atoms with E-state index in [1.54, 1.807) is 23.1 Å². The van der Waals surface area contributed by atoms with Gasteiger partial charge >= 0.3 is 5.69 Å². The normalized spacial score (nSPS) is 11.8.